The van der Waals surface area contributed by atoms with Crippen molar-refractivity contribution < 1.29 is 22.7 Å². The fraction of sp³-hybridized carbons (Fsp3) is 0.381. The molecule has 1 fully saturated rings. The van der Waals surface area contributed by atoms with E-state index < -0.39 is 12.1 Å². The van der Waals surface area contributed by atoms with E-state index in [2.05, 4.69) is 49.3 Å². The van der Waals surface area contributed by atoms with Crippen LogP contribution in [0.3, 0.4) is 0 Å². The van der Waals surface area contributed by atoms with Crippen LogP contribution in [0.15, 0.2) is 36.8 Å². The van der Waals surface area contributed by atoms with E-state index in [1.165, 1.54) is 24.5 Å². The highest BCUT2D eigenvalue weighted by Gasteiger charge is 2.41. The Morgan fingerprint density at radius 2 is 2.06 bits per heavy atom. The Labute approximate surface area is 187 Å². The van der Waals surface area contributed by atoms with E-state index in [0.29, 0.717) is 29.2 Å². The summed E-state index contributed by atoms with van der Waals surface area (Å²) in [5.41, 5.74) is 1.46. The predicted molar refractivity (Wildman–Crippen MR) is 113 cm³/mol. The first-order chi connectivity index (χ1) is 15.7. The second kappa shape index (κ2) is 9.14. The number of aromatic amines is 1. The Bertz CT molecular complexity index is 1100. The molecule has 1 atom stereocenters. The minimum Gasteiger partial charge on any atom is -0.419 e. The molecule has 0 saturated carbocycles. The number of ether oxygens (including phenoxy) is 1. The van der Waals surface area contributed by atoms with E-state index in [0.717, 1.165) is 19.5 Å². The third-order valence-electron chi connectivity index (χ3n) is 5.11. The zero-order chi connectivity index (χ0) is 23.6. The Hall–Kier alpha value is -3.54. The lowest BCUT2D eigenvalue weighted by Crippen LogP contribution is -2.37. The number of anilines is 1. The van der Waals surface area contributed by atoms with Crippen LogP contribution in [0.5, 0.6) is 5.75 Å². The molecule has 12 heteroatoms. The van der Waals surface area contributed by atoms with E-state index in [1.54, 1.807) is 12.3 Å². The zero-order valence-electron chi connectivity index (χ0n) is 17.9. The molecular formula is C21H22F3N7O2. The SMILES string of the molecule is CC(C)N[C@H]1CCN(c2ncc(-c3ccc(-c4cn[nH]c4)cc3OC(=O)C(F)(F)F)nn2)C1. The topological polar surface area (TPSA) is 109 Å². The van der Waals surface area contributed by atoms with Gasteiger partial charge in [0, 0.05) is 42.5 Å². The second-order valence-corrected chi connectivity index (χ2v) is 7.98. The lowest BCUT2D eigenvalue weighted by atomic mass is 10.0. The van der Waals surface area contributed by atoms with Crippen LogP contribution in [-0.4, -0.2) is 62.7 Å². The largest absolute Gasteiger partial charge is 0.491 e. The number of nitrogens with zero attached hydrogens (tertiary/aromatic N) is 5. The van der Waals surface area contributed by atoms with Crippen LogP contribution < -0.4 is 15.0 Å². The third kappa shape index (κ3) is 5.28. The zero-order valence-corrected chi connectivity index (χ0v) is 17.9. The quantitative estimate of drug-likeness (QED) is 0.426. The fourth-order valence-corrected chi connectivity index (χ4v) is 3.65. The summed E-state index contributed by atoms with van der Waals surface area (Å²) in [7, 11) is 0. The van der Waals surface area contributed by atoms with Gasteiger partial charge in [0.15, 0.2) is 0 Å². The lowest BCUT2D eigenvalue weighted by Gasteiger charge is -2.18. The predicted octanol–water partition coefficient (Wildman–Crippen LogP) is 2.97. The maximum atomic E-state index is 12.8. The Morgan fingerprint density at radius 3 is 2.70 bits per heavy atom. The van der Waals surface area contributed by atoms with Crippen LogP contribution in [-0.2, 0) is 4.79 Å². The highest BCUT2D eigenvalue weighted by atomic mass is 19.4. The van der Waals surface area contributed by atoms with Gasteiger partial charge in [0.2, 0.25) is 5.95 Å². The number of benzene rings is 1. The summed E-state index contributed by atoms with van der Waals surface area (Å²) in [6.45, 7) is 5.65. The van der Waals surface area contributed by atoms with E-state index in [-0.39, 0.29) is 17.0 Å². The molecule has 1 saturated heterocycles. The van der Waals surface area contributed by atoms with Crippen LogP contribution in [0.1, 0.15) is 20.3 Å². The molecule has 1 aromatic carbocycles. The van der Waals surface area contributed by atoms with Crippen molar-refractivity contribution in [2.75, 3.05) is 18.0 Å². The van der Waals surface area contributed by atoms with Gasteiger partial charge in [-0.2, -0.15) is 18.3 Å². The Morgan fingerprint density at radius 1 is 1.24 bits per heavy atom. The van der Waals surface area contributed by atoms with Crippen molar-refractivity contribution in [3.8, 4) is 28.1 Å². The van der Waals surface area contributed by atoms with Crippen molar-refractivity contribution in [3.05, 3.63) is 36.8 Å². The van der Waals surface area contributed by atoms with Crippen molar-refractivity contribution in [2.24, 2.45) is 0 Å². The fourth-order valence-electron chi connectivity index (χ4n) is 3.65. The molecule has 3 aromatic rings. The maximum absolute atomic E-state index is 12.8. The number of rotatable bonds is 6. The maximum Gasteiger partial charge on any atom is 0.491 e. The standard InChI is InChI=1S/C21H22F3N7O2/c1-12(2)28-15-5-6-31(11-15)20-25-10-17(29-30-20)16-4-3-13(14-8-26-27-9-14)7-18(16)33-19(32)21(22,23)24/h3-4,7-10,12,15,28H,5-6,11H2,1-2H3,(H,26,27)/t15-/m0/s1. The van der Waals surface area contributed by atoms with Gasteiger partial charge < -0.3 is 15.0 Å². The van der Waals surface area contributed by atoms with E-state index in [9.17, 15) is 18.0 Å². The molecule has 2 aromatic heterocycles. The van der Waals surface area contributed by atoms with Crippen molar-refractivity contribution in [3.63, 3.8) is 0 Å². The number of hydrogen-bond acceptors (Lipinski definition) is 8. The number of H-pyrrole nitrogens is 1. The normalized spacial score (nSPS) is 16.4. The first kappa shape index (κ1) is 22.6. The van der Waals surface area contributed by atoms with Gasteiger partial charge in [-0.05, 0) is 24.1 Å². The van der Waals surface area contributed by atoms with E-state index in [1.807, 2.05) is 4.90 Å². The van der Waals surface area contributed by atoms with Gasteiger partial charge in [0.25, 0.3) is 0 Å². The van der Waals surface area contributed by atoms with E-state index in [4.69, 9.17) is 0 Å². The van der Waals surface area contributed by atoms with Crippen LogP contribution in [0, 0.1) is 0 Å². The van der Waals surface area contributed by atoms with Crippen molar-refractivity contribution >= 4 is 11.9 Å². The average molecular weight is 461 g/mol. The molecule has 0 aliphatic carbocycles. The van der Waals surface area contributed by atoms with Crippen LogP contribution in [0.25, 0.3) is 22.4 Å². The molecule has 0 spiro atoms. The minimum atomic E-state index is -5.15. The molecule has 1 aliphatic rings. The number of carbonyl (C=O) groups is 1. The molecule has 0 amide bonds. The van der Waals surface area contributed by atoms with Gasteiger partial charge >= 0.3 is 12.1 Å². The first-order valence-corrected chi connectivity index (χ1v) is 10.3. The summed E-state index contributed by atoms with van der Waals surface area (Å²) in [6, 6.07) is 5.16. The van der Waals surface area contributed by atoms with Crippen molar-refractivity contribution in [1.29, 1.82) is 0 Å². The number of alkyl halides is 3. The smallest absolute Gasteiger partial charge is 0.419 e. The summed E-state index contributed by atoms with van der Waals surface area (Å²) in [4.78, 5) is 17.8. The molecule has 3 heterocycles. The molecule has 4 rings (SSSR count). The van der Waals surface area contributed by atoms with Gasteiger partial charge in [-0.25, -0.2) is 9.78 Å². The molecule has 9 nitrogen and oxygen atoms in total. The van der Waals surface area contributed by atoms with Crippen molar-refractivity contribution in [2.45, 2.75) is 38.5 Å². The van der Waals surface area contributed by atoms with Crippen LogP contribution >= 0.6 is 0 Å². The van der Waals surface area contributed by atoms with Crippen LogP contribution in [0.4, 0.5) is 19.1 Å². The molecule has 33 heavy (non-hydrogen) atoms. The van der Waals surface area contributed by atoms with Gasteiger partial charge in [-0.15, -0.1) is 10.2 Å². The molecule has 174 valence electrons. The monoisotopic (exact) mass is 461 g/mol. The number of aromatic nitrogens is 5. The van der Waals surface area contributed by atoms with Crippen molar-refractivity contribution in [1.82, 2.24) is 30.7 Å². The third-order valence-corrected chi connectivity index (χ3v) is 5.11. The van der Waals surface area contributed by atoms with E-state index >= 15 is 0 Å². The summed E-state index contributed by atoms with van der Waals surface area (Å²) < 4.78 is 43.2. The second-order valence-electron chi connectivity index (χ2n) is 7.98. The number of hydrogen-bond donors (Lipinski definition) is 2. The molecule has 0 unspecified atom stereocenters. The Balaban J connectivity index is 1.60. The van der Waals surface area contributed by atoms with Crippen LogP contribution in [0.2, 0.25) is 0 Å². The number of halogens is 3. The number of carbonyl (C=O) groups excluding carboxylic acids is 1. The molecule has 0 bridgehead atoms. The van der Waals surface area contributed by atoms with Gasteiger partial charge in [0.1, 0.15) is 11.4 Å². The van der Waals surface area contributed by atoms with Gasteiger partial charge in [-0.1, -0.05) is 19.9 Å². The molecule has 2 N–H and O–H groups in total. The molecule has 1 aliphatic heterocycles. The minimum absolute atomic E-state index is 0.159. The lowest BCUT2D eigenvalue weighted by molar-refractivity contribution is -0.189. The number of nitrogens with one attached hydrogen (secondary N) is 2. The van der Waals surface area contributed by atoms with Gasteiger partial charge in [-0.3, -0.25) is 5.10 Å². The summed E-state index contributed by atoms with van der Waals surface area (Å²) >= 11 is 0. The number of esters is 1. The summed E-state index contributed by atoms with van der Waals surface area (Å²) in [6.07, 6.45) is 0.266. The van der Waals surface area contributed by atoms with Gasteiger partial charge in [0.05, 0.1) is 12.4 Å². The highest BCUT2D eigenvalue weighted by molar-refractivity contribution is 5.82. The molecule has 0 radical (unpaired) electrons. The average Bonchev–Trinajstić information content (AvgIpc) is 3.45. The summed E-state index contributed by atoms with van der Waals surface area (Å²) in [5, 5.41) is 18.2. The Kier molecular flexibility index (Phi) is 6.27. The highest BCUT2D eigenvalue weighted by Crippen LogP contribution is 2.34. The first-order valence-electron chi connectivity index (χ1n) is 10.3. The summed E-state index contributed by atoms with van der Waals surface area (Å²) in [5.74, 6) is -2.20. The molecular weight excluding hydrogens is 439 g/mol.